The van der Waals surface area contributed by atoms with E-state index in [1.165, 1.54) is 16.9 Å². The van der Waals surface area contributed by atoms with Gasteiger partial charge in [-0.3, -0.25) is 9.36 Å². The van der Waals surface area contributed by atoms with Crippen LogP contribution in [0.25, 0.3) is 15.9 Å². The maximum absolute atomic E-state index is 12.8. The lowest BCUT2D eigenvalue weighted by Crippen LogP contribution is -2.23. The van der Waals surface area contributed by atoms with Crippen molar-refractivity contribution in [1.29, 1.82) is 0 Å². The van der Waals surface area contributed by atoms with Crippen molar-refractivity contribution in [2.24, 2.45) is 5.73 Å². The zero-order valence-corrected chi connectivity index (χ0v) is 12.7. The van der Waals surface area contributed by atoms with Crippen molar-refractivity contribution in [2.75, 3.05) is 6.54 Å². The highest BCUT2D eigenvalue weighted by Crippen LogP contribution is 2.18. The van der Waals surface area contributed by atoms with Gasteiger partial charge in [0.1, 0.15) is 10.5 Å². The van der Waals surface area contributed by atoms with Crippen LogP contribution in [0.4, 0.5) is 0 Å². The average Bonchev–Trinajstić information content (AvgIpc) is 2.95. The number of rotatable bonds is 4. The molecule has 0 bridgehead atoms. The van der Waals surface area contributed by atoms with Crippen molar-refractivity contribution in [3.05, 3.63) is 57.5 Å². The quantitative estimate of drug-likeness (QED) is 0.805. The molecule has 2 heterocycles. The van der Waals surface area contributed by atoms with Gasteiger partial charge in [0.05, 0.1) is 11.2 Å². The molecule has 4 nitrogen and oxygen atoms in total. The summed E-state index contributed by atoms with van der Waals surface area (Å²) in [6.07, 6.45) is 1.51. The number of thiophene rings is 1. The predicted octanol–water partition coefficient (Wildman–Crippen LogP) is 2.65. The van der Waals surface area contributed by atoms with Gasteiger partial charge in [-0.15, -0.1) is 11.3 Å². The molecule has 5 heteroatoms. The summed E-state index contributed by atoms with van der Waals surface area (Å²) in [7, 11) is 0. The molecule has 0 aliphatic carbocycles. The molecule has 0 spiro atoms. The van der Waals surface area contributed by atoms with Crippen LogP contribution in [-0.2, 0) is 6.42 Å². The Balaban J connectivity index is 2.24. The van der Waals surface area contributed by atoms with E-state index in [1.54, 1.807) is 4.57 Å². The maximum Gasteiger partial charge on any atom is 0.276 e. The van der Waals surface area contributed by atoms with E-state index in [4.69, 9.17) is 5.73 Å². The van der Waals surface area contributed by atoms with Gasteiger partial charge in [0, 0.05) is 6.42 Å². The number of aryl methyl sites for hydroxylation is 2. The molecule has 0 saturated heterocycles. The van der Waals surface area contributed by atoms with Crippen LogP contribution in [0.5, 0.6) is 0 Å². The standard InChI is InChI=1S/C16H17N3OS/c1-11-4-6-12(7-5-11)19-14(3-2-9-17)18-13-8-10-21-15(13)16(19)20/h4-8,10H,2-3,9,17H2,1H3. The molecule has 2 aromatic heterocycles. The third-order valence-corrected chi connectivity index (χ3v) is 4.34. The Hall–Kier alpha value is -1.98. The van der Waals surface area contributed by atoms with Crippen LogP contribution in [0.3, 0.4) is 0 Å². The van der Waals surface area contributed by atoms with E-state index < -0.39 is 0 Å². The molecule has 3 rings (SSSR count). The first kappa shape index (κ1) is 14.0. The SMILES string of the molecule is Cc1ccc(-n2c(CCCN)nc3ccsc3c2=O)cc1. The van der Waals surface area contributed by atoms with E-state index in [0.717, 1.165) is 23.4 Å². The molecule has 0 fully saturated rings. The fourth-order valence-corrected chi connectivity index (χ4v) is 3.11. The van der Waals surface area contributed by atoms with E-state index in [9.17, 15) is 4.79 Å². The summed E-state index contributed by atoms with van der Waals surface area (Å²) in [6.45, 7) is 2.62. The minimum Gasteiger partial charge on any atom is -0.330 e. The van der Waals surface area contributed by atoms with Crippen LogP contribution in [-0.4, -0.2) is 16.1 Å². The smallest absolute Gasteiger partial charge is 0.276 e. The third kappa shape index (κ3) is 2.62. The van der Waals surface area contributed by atoms with Crippen molar-refractivity contribution in [2.45, 2.75) is 19.8 Å². The Bertz CT molecular complexity index is 818. The normalized spacial score (nSPS) is 11.1. The molecule has 0 amide bonds. The summed E-state index contributed by atoms with van der Waals surface area (Å²) >= 11 is 1.44. The number of nitrogens with zero attached hydrogens (tertiary/aromatic N) is 2. The van der Waals surface area contributed by atoms with E-state index in [-0.39, 0.29) is 5.56 Å². The van der Waals surface area contributed by atoms with Gasteiger partial charge in [0.25, 0.3) is 5.56 Å². The second-order valence-electron chi connectivity index (χ2n) is 5.03. The van der Waals surface area contributed by atoms with Crippen LogP contribution < -0.4 is 11.3 Å². The number of nitrogens with two attached hydrogens (primary N) is 1. The van der Waals surface area contributed by atoms with E-state index in [0.29, 0.717) is 17.7 Å². The number of hydrogen-bond donors (Lipinski definition) is 1. The highest BCUT2D eigenvalue weighted by molar-refractivity contribution is 7.17. The number of aromatic nitrogens is 2. The summed E-state index contributed by atoms with van der Waals surface area (Å²) in [6, 6.07) is 9.83. The Kier molecular flexibility index (Phi) is 3.86. The van der Waals surface area contributed by atoms with Crippen molar-refractivity contribution in [1.82, 2.24) is 9.55 Å². The zero-order valence-electron chi connectivity index (χ0n) is 11.9. The molecule has 0 atom stereocenters. The van der Waals surface area contributed by atoms with Crippen LogP contribution in [0, 0.1) is 6.92 Å². The van der Waals surface area contributed by atoms with E-state index in [1.807, 2.05) is 42.6 Å². The molecular weight excluding hydrogens is 282 g/mol. The topological polar surface area (TPSA) is 60.9 Å². The van der Waals surface area contributed by atoms with Gasteiger partial charge in [-0.1, -0.05) is 17.7 Å². The minimum absolute atomic E-state index is 0.00544. The van der Waals surface area contributed by atoms with Crippen molar-refractivity contribution in [3.63, 3.8) is 0 Å². The third-order valence-electron chi connectivity index (χ3n) is 3.45. The molecule has 0 unspecified atom stereocenters. The van der Waals surface area contributed by atoms with Gasteiger partial charge in [0.15, 0.2) is 0 Å². The summed E-state index contributed by atoms with van der Waals surface area (Å²) in [5, 5.41) is 1.91. The molecule has 3 aromatic rings. The Morgan fingerprint density at radius 3 is 2.71 bits per heavy atom. The van der Waals surface area contributed by atoms with Gasteiger partial charge in [0.2, 0.25) is 0 Å². The second-order valence-corrected chi connectivity index (χ2v) is 5.95. The fourth-order valence-electron chi connectivity index (χ4n) is 2.35. The number of benzene rings is 1. The lowest BCUT2D eigenvalue weighted by Gasteiger charge is -2.12. The zero-order chi connectivity index (χ0) is 14.8. The average molecular weight is 299 g/mol. The van der Waals surface area contributed by atoms with Gasteiger partial charge < -0.3 is 5.73 Å². The van der Waals surface area contributed by atoms with E-state index in [2.05, 4.69) is 4.98 Å². The first-order valence-electron chi connectivity index (χ1n) is 6.97. The Morgan fingerprint density at radius 2 is 2.00 bits per heavy atom. The van der Waals surface area contributed by atoms with Crippen LogP contribution >= 0.6 is 11.3 Å². The summed E-state index contributed by atoms with van der Waals surface area (Å²) in [5.74, 6) is 0.778. The summed E-state index contributed by atoms with van der Waals surface area (Å²) in [5.41, 5.74) is 8.41. The van der Waals surface area contributed by atoms with Crippen molar-refractivity contribution >= 4 is 21.6 Å². The highest BCUT2D eigenvalue weighted by atomic mass is 32.1. The lowest BCUT2D eigenvalue weighted by atomic mass is 10.2. The molecule has 108 valence electrons. The fraction of sp³-hybridized carbons (Fsp3) is 0.250. The molecule has 0 aliphatic rings. The molecule has 2 N–H and O–H groups in total. The molecule has 21 heavy (non-hydrogen) atoms. The van der Waals surface area contributed by atoms with Gasteiger partial charge in [-0.05, 0) is 43.5 Å². The summed E-state index contributed by atoms with van der Waals surface area (Å²) < 4.78 is 2.42. The molecule has 1 aromatic carbocycles. The highest BCUT2D eigenvalue weighted by Gasteiger charge is 2.13. The molecule has 0 saturated carbocycles. The van der Waals surface area contributed by atoms with Crippen LogP contribution in [0.2, 0.25) is 0 Å². The monoisotopic (exact) mass is 299 g/mol. The van der Waals surface area contributed by atoms with Crippen molar-refractivity contribution < 1.29 is 0 Å². The largest absolute Gasteiger partial charge is 0.330 e. The van der Waals surface area contributed by atoms with Gasteiger partial charge in [-0.25, -0.2) is 4.98 Å². The second kappa shape index (κ2) is 5.79. The van der Waals surface area contributed by atoms with Gasteiger partial charge in [-0.2, -0.15) is 0 Å². The van der Waals surface area contributed by atoms with Crippen LogP contribution in [0.1, 0.15) is 17.8 Å². The minimum atomic E-state index is 0.00544. The number of fused-ring (bicyclic) bond motifs is 1. The number of hydrogen-bond acceptors (Lipinski definition) is 4. The summed E-state index contributed by atoms with van der Waals surface area (Å²) in [4.78, 5) is 17.4. The first-order valence-corrected chi connectivity index (χ1v) is 7.85. The molecule has 0 aliphatic heterocycles. The Morgan fingerprint density at radius 1 is 1.24 bits per heavy atom. The molecule has 0 radical (unpaired) electrons. The first-order chi connectivity index (χ1) is 10.2. The van der Waals surface area contributed by atoms with Crippen LogP contribution in [0.15, 0.2) is 40.5 Å². The predicted molar refractivity (Wildman–Crippen MR) is 87.3 cm³/mol. The Labute approximate surface area is 126 Å². The molecular formula is C16H17N3OS. The van der Waals surface area contributed by atoms with Gasteiger partial charge >= 0.3 is 0 Å². The van der Waals surface area contributed by atoms with Crippen molar-refractivity contribution in [3.8, 4) is 5.69 Å². The van der Waals surface area contributed by atoms with E-state index >= 15 is 0 Å². The maximum atomic E-state index is 12.8. The lowest BCUT2D eigenvalue weighted by molar-refractivity contribution is 0.742.